The quantitative estimate of drug-likeness (QED) is 0.170. The van der Waals surface area contributed by atoms with Crippen LogP contribution in [0.5, 0.6) is 0 Å². The predicted molar refractivity (Wildman–Crippen MR) is 230 cm³/mol. The molecule has 0 saturated heterocycles. The van der Waals surface area contributed by atoms with Gasteiger partial charge in [-0.15, -0.1) is 11.3 Å². The summed E-state index contributed by atoms with van der Waals surface area (Å²) < 4.78 is 3.58. The van der Waals surface area contributed by atoms with Gasteiger partial charge in [-0.25, -0.2) is 9.97 Å². The molecule has 0 unspecified atom stereocenters. The van der Waals surface area contributed by atoms with Gasteiger partial charge in [0.15, 0.2) is 0 Å². The Morgan fingerprint density at radius 3 is 1.87 bits per heavy atom. The smallest absolute Gasteiger partial charge is 0.235 e. The Hall–Kier alpha value is -6.88. The summed E-state index contributed by atoms with van der Waals surface area (Å²) in [5.41, 5.74) is 11.2. The van der Waals surface area contributed by atoms with Crippen molar-refractivity contribution in [2.24, 2.45) is 0 Å². The standard InChI is InChI=1S/C51H31N3S/c1-4-17-33(18-5-1)45-41-29-28-32-16-10-11-23-36(32)46(41)53-50(52-45)54-43-27-15-13-24-37(43)38-30-31-40-44-39-25-12-14-26-42(39)51(34-19-6-2-7-20-34,35-21-8-3-9-22-35)49(44)55-48(40)47(38)54/h1-31H. The Balaban J connectivity index is 1.25. The fraction of sp³-hybridized carbons (Fsp3) is 0.0196. The Bertz CT molecular complexity index is 3270. The fourth-order valence-corrected chi connectivity index (χ4v) is 11.0. The largest absolute Gasteiger partial charge is 0.276 e. The average molecular weight is 718 g/mol. The molecule has 0 aliphatic heterocycles. The number of hydrogen-bond acceptors (Lipinski definition) is 3. The molecule has 3 heterocycles. The summed E-state index contributed by atoms with van der Waals surface area (Å²) in [6.45, 7) is 0. The van der Waals surface area contributed by atoms with Gasteiger partial charge in [-0.1, -0.05) is 176 Å². The molecule has 0 spiro atoms. The van der Waals surface area contributed by atoms with Gasteiger partial charge in [-0.05, 0) is 39.8 Å². The van der Waals surface area contributed by atoms with Crippen LogP contribution in [0.2, 0.25) is 0 Å². The highest BCUT2D eigenvalue weighted by atomic mass is 32.1. The van der Waals surface area contributed by atoms with E-state index in [1.807, 2.05) is 11.3 Å². The molecule has 8 aromatic carbocycles. The van der Waals surface area contributed by atoms with Crippen LogP contribution >= 0.6 is 11.3 Å². The SMILES string of the molecule is c1ccc(-c2nc(-n3c4ccccc4c4ccc5c6c(sc5c43)C(c3ccccc3)(c3ccccc3)c3ccccc3-6)nc3c2ccc2ccccc23)cc1. The first kappa shape index (κ1) is 30.6. The number of fused-ring (bicyclic) bond motifs is 12. The van der Waals surface area contributed by atoms with Gasteiger partial charge in [0.2, 0.25) is 5.95 Å². The van der Waals surface area contributed by atoms with Crippen LogP contribution in [0.15, 0.2) is 188 Å². The van der Waals surface area contributed by atoms with Crippen molar-refractivity contribution in [2.45, 2.75) is 5.41 Å². The molecule has 0 atom stereocenters. The summed E-state index contributed by atoms with van der Waals surface area (Å²) in [5.74, 6) is 0.674. The lowest BCUT2D eigenvalue weighted by Gasteiger charge is -2.32. The van der Waals surface area contributed by atoms with Crippen LogP contribution in [-0.4, -0.2) is 14.5 Å². The number of rotatable bonds is 4. The van der Waals surface area contributed by atoms with E-state index in [4.69, 9.17) is 9.97 Å². The first-order valence-electron chi connectivity index (χ1n) is 18.8. The zero-order chi connectivity index (χ0) is 36.1. The van der Waals surface area contributed by atoms with Crippen LogP contribution in [-0.2, 0) is 5.41 Å². The van der Waals surface area contributed by atoms with E-state index >= 15 is 0 Å². The normalized spacial score (nSPS) is 13.2. The molecule has 0 saturated carbocycles. The van der Waals surface area contributed by atoms with E-state index in [-0.39, 0.29) is 0 Å². The number of benzene rings is 8. The molecule has 0 bridgehead atoms. The van der Waals surface area contributed by atoms with E-state index in [9.17, 15) is 0 Å². The number of nitrogens with zero attached hydrogens (tertiary/aromatic N) is 3. The van der Waals surface area contributed by atoms with Gasteiger partial charge in [0.05, 0.1) is 32.4 Å². The van der Waals surface area contributed by atoms with Crippen LogP contribution in [0.3, 0.4) is 0 Å². The third-order valence-corrected chi connectivity index (χ3v) is 13.0. The third kappa shape index (κ3) is 4.15. The van der Waals surface area contributed by atoms with Crippen molar-refractivity contribution in [1.82, 2.24) is 14.5 Å². The number of aromatic nitrogens is 3. The van der Waals surface area contributed by atoms with E-state index < -0.39 is 5.41 Å². The van der Waals surface area contributed by atoms with Crippen LogP contribution in [0.1, 0.15) is 21.6 Å². The van der Waals surface area contributed by atoms with Gasteiger partial charge in [-0.3, -0.25) is 4.57 Å². The molecule has 0 radical (unpaired) electrons. The predicted octanol–water partition coefficient (Wildman–Crippen LogP) is 13.1. The van der Waals surface area contributed by atoms with Crippen molar-refractivity contribution in [3.05, 3.63) is 210 Å². The van der Waals surface area contributed by atoms with Crippen molar-refractivity contribution in [3.8, 4) is 28.3 Å². The van der Waals surface area contributed by atoms with E-state index in [2.05, 4.69) is 193 Å². The first-order valence-corrected chi connectivity index (χ1v) is 19.6. The Kier molecular flexibility index (Phi) is 6.42. The van der Waals surface area contributed by atoms with Gasteiger partial charge in [0, 0.05) is 42.9 Å². The van der Waals surface area contributed by atoms with Crippen molar-refractivity contribution in [3.63, 3.8) is 0 Å². The molecule has 55 heavy (non-hydrogen) atoms. The summed E-state index contributed by atoms with van der Waals surface area (Å²) in [5, 5.41) is 6.97. The van der Waals surface area contributed by atoms with E-state index in [0.29, 0.717) is 5.95 Å². The van der Waals surface area contributed by atoms with Gasteiger partial charge < -0.3 is 0 Å². The minimum atomic E-state index is -0.472. The molecule has 3 aromatic heterocycles. The molecule has 0 N–H and O–H groups in total. The van der Waals surface area contributed by atoms with Crippen LogP contribution in [0.25, 0.3) is 81.9 Å². The summed E-state index contributed by atoms with van der Waals surface area (Å²) in [6, 6.07) is 68.0. The maximum Gasteiger partial charge on any atom is 0.235 e. The molecule has 1 aliphatic carbocycles. The molecule has 4 heteroatoms. The summed E-state index contributed by atoms with van der Waals surface area (Å²) >= 11 is 1.92. The molecule has 256 valence electrons. The van der Waals surface area contributed by atoms with Gasteiger partial charge in [-0.2, -0.15) is 0 Å². The highest BCUT2D eigenvalue weighted by Gasteiger charge is 2.48. The molecule has 0 amide bonds. The average Bonchev–Trinajstić information content (AvgIpc) is 3.90. The molecule has 3 nitrogen and oxygen atoms in total. The minimum absolute atomic E-state index is 0.472. The Morgan fingerprint density at radius 1 is 0.473 bits per heavy atom. The maximum atomic E-state index is 5.52. The van der Waals surface area contributed by atoms with E-state index in [1.165, 1.54) is 53.6 Å². The minimum Gasteiger partial charge on any atom is -0.276 e. The second-order valence-corrected chi connectivity index (χ2v) is 15.5. The van der Waals surface area contributed by atoms with Crippen molar-refractivity contribution in [2.75, 3.05) is 0 Å². The second-order valence-electron chi connectivity index (χ2n) is 14.4. The Morgan fingerprint density at radius 2 is 1.09 bits per heavy atom. The molecular weight excluding hydrogens is 687 g/mol. The first-order chi connectivity index (χ1) is 27.3. The van der Waals surface area contributed by atoms with E-state index in [0.717, 1.165) is 44.0 Å². The van der Waals surface area contributed by atoms with Crippen molar-refractivity contribution >= 4 is 64.9 Å². The fourth-order valence-electron chi connectivity index (χ4n) is 9.38. The highest BCUT2D eigenvalue weighted by molar-refractivity contribution is 7.21. The molecule has 12 rings (SSSR count). The van der Waals surface area contributed by atoms with Crippen molar-refractivity contribution in [1.29, 1.82) is 0 Å². The number of thiophene rings is 1. The van der Waals surface area contributed by atoms with Crippen LogP contribution in [0, 0.1) is 0 Å². The van der Waals surface area contributed by atoms with Crippen LogP contribution in [0.4, 0.5) is 0 Å². The van der Waals surface area contributed by atoms with E-state index in [1.54, 1.807) is 0 Å². The highest BCUT2D eigenvalue weighted by Crippen LogP contribution is 2.61. The Labute approximate surface area is 321 Å². The molecular formula is C51H31N3S. The number of para-hydroxylation sites is 1. The van der Waals surface area contributed by atoms with Gasteiger partial charge in [0.25, 0.3) is 0 Å². The molecule has 0 fully saturated rings. The third-order valence-electron chi connectivity index (χ3n) is 11.7. The summed E-state index contributed by atoms with van der Waals surface area (Å²) in [7, 11) is 0. The maximum absolute atomic E-state index is 5.52. The zero-order valence-electron chi connectivity index (χ0n) is 29.6. The molecule has 11 aromatic rings. The number of hydrogen-bond donors (Lipinski definition) is 0. The van der Waals surface area contributed by atoms with Crippen LogP contribution < -0.4 is 0 Å². The lowest BCUT2D eigenvalue weighted by Crippen LogP contribution is -2.27. The summed E-state index contributed by atoms with van der Waals surface area (Å²) in [4.78, 5) is 12.4. The van der Waals surface area contributed by atoms with Gasteiger partial charge in [0.1, 0.15) is 0 Å². The van der Waals surface area contributed by atoms with Gasteiger partial charge >= 0.3 is 0 Å². The lowest BCUT2D eigenvalue weighted by atomic mass is 9.71. The zero-order valence-corrected chi connectivity index (χ0v) is 30.5. The summed E-state index contributed by atoms with van der Waals surface area (Å²) in [6.07, 6.45) is 0. The topological polar surface area (TPSA) is 30.7 Å². The van der Waals surface area contributed by atoms with Crippen molar-refractivity contribution < 1.29 is 0 Å². The lowest BCUT2D eigenvalue weighted by molar-refractivity contribution is 0.785. The molecule has 1 aliphatic rings. The second kappa shape index (κ2) is 11.6. The monoisotopic (exact) mass is 717 g/mol.